The number of nitrogens with zero attached hydrogens (tertiary/aromatic N) is 2. The third kappa shape index (κ3) is 2.99. The van der Waals surface area contributed by atoms with Gasteiger partial charge >= 0.3 is 0 Å². The highest BCUT2D eigenvalue weighted by Gasteiger charge is 2.13. The summed E-state index contributed by atoms with van der Waals surface area (Å²) in [5.41, 5.74) is 1.19. The van der Waals surface area contributed by atoms with E-state index in [9.17, 15) is 8.42 Å². The lowest BCUT2D eigenvalue weighted by Gasteiger charge is -2.08. The van der Waals surface area contributed by atoms with E-state index >= 15 is 0 Å². The Hall–Kier alpha value is -2.67. The number of benzene rings is 2. The molecule has 0 saturated carbocycles. The second kappa shape index (κ2) is 5.61. The van der Waals surface area contributed by atoms with Gasteiger partial charge in [0.1, 0.15) is 0 Å². The van der Waals surface area contributed by atoms with Crippen molar-refractivity contribution in [1.29, 1.82) is 0 Å². The molecule has 0 spiro atoms. The van der Waals surface area contributed by atoms with E-state index in [4.69, 9.17) is 4.42 Å². The van der Waals surface area contributed by atoms with Gasteiger partial charge in [0.05, 0.1) is 4.90 Å². The average Bonchev–Trinajstić information content (AvgIpc) is 2.95. The number of aromatic nitrogens is 2. The first-order chi connectivity index (χ1) is 10.5. The van der Waals surface area contributed by atoms with Crippen LogP contribution in [0.3, 0.4) is 0 Å². The molecule has 2 aromatic carbocycles. The van der Waals surface area contributed by atoms with Crippen LogP contribution in [0.1, 0.15) is 5.89 Å². The SMILES string of the molecule is Cc1nnc(-c2ccc(NS(=O)(=O)c3ccccc3)cc2)o1. The van der Waals surface area contributed by atoms with Crippen LogP contribution >= 0.6 is 0 Å². The Bertz CT molecular complexity index is 872. The Labute approximate surface area is 127 Å². The van der Waals surface area contributed by atoms with Gasteiger partial charge in [-0.25, -0.2) is 8.42 Å². The zero-order valence-corrected chi connectivity index (χ0v) is 12.5. The van der Waals surface area contributed by atoms with Crippen molar-refractivity contribution in [2.45, 2.75) is 11.8 Å². The topological polar surface area (TPSA) is 85.1 Å². The molecule has 7 heteroatoms. The second-order valence-electron chi connectivity index (χ2n) is 4.62. The van der Waals surface area contributed by atoms with Crippen molar-refractivity contribution in [1.82, 2.24) is 10.2 Å². The largest absolute Gasteiger partial charge is 0.421 e. The van der Waals surface area contributed by atoms with Gasteiger partial charge in [0.15, 0.2) is 0 Å². The smallest absolute Gasteiger partial charge is 0.261 e. The normalized spacial score (nSPS) is 11.3. The predicted molar refractivity (Wildman–Crippen MR) is 81.7 cm³/mol. The molecule has 22 heavy (non-hydrogen) atoms. The summed E-state index contributed by atoms with van der Waals surface area (Å²) < 4.78 is 32.3. The molecule has 3 aromatic rings. The molecule has 1 N–H and O–H groups in total. The summed E-state index contributed by atoms with van der Waals surface area (Å²) in [6.07, 6.45) is 0. The van der Waals surface area contributed by atoms with Crippen LogP contribution in [0.5, 0.6) is 0 Å². The van der Waals surface area contributed by atoms with Crippen molar-refractivity contribution >= 4 is 15.7 Å². The molecular weight excluding hydrogens is 302 g/mol. The maximum absolute atomic E-state index is 12.2. The van der Waals surface area contributed by atoms with Crippen molar-refractivity contribution in [3.8, 4) is 11.5 Å². The molecule has 6 nitrogen and oxygen atoms in total. The Balaban J connectivity index is 1.82. The predicted octanol–water partition coefficient (Wildman–Crippen LogP) is 2.85. The van der Waals surface area contributed by atoms with Crippen LogP contribution in [0.15, 0.2) is 63.9 Å². The minimum absolute atomic E-state index is 0.214. The van der Waals surface area contributed by atoms with Gasteiger partial charge in [-0.2, -0.15) is 0 Å². The first kappa shape index (κ1) is 14.3. The maximum atomic E-state index is 12.2. The Kier molecular flexibility index (Phi) is 3.64. The van der Waals surface area contributed by atoms with Gasteiger partial charge in [0.25, 0.3) is 10.0 Å². The van der Waals surface area contributed by atoms with E-state index in [1.165, 1.54) is 12.1 Å². The van der Waals surface area contributed by atoms with Crippen molar-refractivity contribution < 1.29 is 12.8 Å². The van der Waals surface area contributed by atoms with Crippen LogP contribution in [0.4, 0.5) is 5.69 Å². The van der Waals surface area contributed by atoms with Gasteiger partial charge in [-0.1, -0.05) is 18.2 Å². The van der Waals surface area contributed by atoms with Crippen LogP contribution in [0.25, 0.3) is 11.5 Å². The van der Waals surface area contributed by atoms with Crippen LogP contribution in [-0.4, -0.2) is 18.6 Å². The number of rotatable bonds is 4. The van der Waals surface area contributed by atoms with Gasteiger partial charge in [-0.05, 0) is 36.4 Å². The third-order valence-electron chi connectivity index (χ3n) is 2.96. The number of aryl methyl sites for hydroxylation is 1. The quantitative estimate of drug-likeness (QED) is 0.800. The van der Waals surface area contributed by atoms with Crippen molar-refractivity contribution in [2.75, 3.05) is 4.72 Å². The lowest BCUT2D eigenvalue weighted by Crippen LogP contribution is -2.12. The van der Waals surface area contributed by atoms with E-state index in [0.717, 1.165) is 5.56 Å². The first-order valence-electron chi connectivity index (χ1n) is 6.53. The third-order valence-corrected chi connectivity index (χ3v) is 4.36. The van der Waals surface area contributed by atoms with Gasteiger partial charge in [0.2, 0.25) is 11.8 Å². The molecule has 0 saturated heterocycles. The summed E-state index contributed by atoms with van der Waals surface area (Å²) in [5, 5.41) is 7.67. The zero-order valence-electron chi connectivity index (χ0n) is 11.7. The summed E-state index contributed by atoms with van der Waals surface area (Å²) in [5.74, 6) is 0.874. The number of sulfonamides is 1. The average molecular weight is 315 g/mol. The van der Waals surface area contributed by atoms with E-state index in [2.05, 4.69) is 14.9 Å². The fraction of sp³-hybridized carbons (Fsp3) is 0.0667. The van der Waals surface area contributed by atoms with Gasteiger partial charge in [0, 0.05) is 18.2 Å². The summed E-state index contributed by atoms with van der Waals surface area (Å²) in [6.45, 7) is 1.71. The van der Waals surface area contributed by atoms with Crippen LogP contribution < -0.4 is 4.72 Å². The highest BCUT2D eigenvalue weighted by molar-refractivity contribution is 7.92. The number of hydrogen-bond acceptors (Lipinski definition) is 5. The Morgan fingerprint density at radius 3 is 2.23 bits per heavy atom. The molecule has 1 aromatic heterocycles. The lowest BCUT2D eigenvalue weighted by molar-refractivity contribution is 0.533. The molecule has 0 unspecified atom stereocenters. The van der Waals surface area contributed by atoms with E-state index < -0.39 is 10.0 Å². The van der Waals surface area contributed by atoms with Crippen LogP contribution in [0, 0.1) is 6.92 Å². The monoisotopic (exact) mass is 315 g/mol. The summed E-state index contributed by atoms with van der Waals surface area (Å²) >= 11 is 0. The molecule has 0 bridgehead atoms. The van der Waals surface area contributed by atoms with E-state index in [-0.39, 0.29) is 4.90 Å². The van der Waals surface area contributed by atoms with E-state index in [0.29, 0.717) is 17.5 Å². The fourth-order valence-corrected chi connectivity index (χ4v) is 2.99. The Morgan fingerprint density at radius 1 is 0.955 bits per heavy atom. The minimum atomic E-state index is -3.59. The summed E-state index contributed by atoms with van der Waals surface area (Å²) in [4.78, 5) is 0.214. The Morgan fingerprint density at radius 2 is 1.64 bits per heavy atom. The number of hydrogen-bond donors (Lipinski definition) is 1. The van der Waals surface area contributed by atoms with Crippen molar-refractivity contribution in [3.05, 3.63) is 60.5 Å². The van der Waals surface area contributed by atoms with Crippen LogP contribution in [-0.2, 0) is 10.0 Å². The molecule has 0 aliphatic heterocycles. The molecule has 1 heterocycles. The highest BCUT2D eigenvalue weighted by atomic mass is 32.2. The zero-order chi connectivity index (χ0) is 15.6. The lowest BCUT2D eigenvalue weighted by atomic mass is 10.2. The maximum Gasteiger partial charge on any atom is 0.261 e. The summed E-state index contributed by atoms with van der Waals surface area (Å²) in [6, 6.07) is 14.9. The van der Waals surface area contributed by atoms with Gasteiger partial charge < -0.3 is 4.42 Å². The molecule has 3 rings (SSSR count). The molecule has 0 amide bonds. The first-order valence-corrected chi connectivity index (χ1v) is 8.01. The standard InChI is InChI=1S/C15H13N3O3S/c1-11-16-17-15(21-11)12-7-9-13(10-8-12)18-22(19,20)14-5-3-2-4-6-14/h2-10,18H,1H3. The minimum Gasteiger partial charge on any atom is -0.421 e. The molecule has 0 aliphatic rings. The number of anilines is 1. The molecule has 0 aliphatic carbocycles. The van der Waals surface area contributed by atoms with Crippen molar-refractivity contribution in [3.63, 3.8) is 0 Å². The molecule has 0 fully saturated rings. The summed E-state index contributed by atoms with van der Waals surface area (Å²) in [7, 11) is -3.59. The van der Waals surface area contributed by atoms with Crippen LogP contribution in [0.2, 0.25) is 0 Å². The van der Waals surface area contributed by atoms with Crippen molar-refractivity contribution in [2.24, 2.45) is 0 Å². The highest BCUT2D eigenvalue weighted by Crippen LogP contribution is 2.21. The fourth-order valence-electron chi connectivity index (χ4n) is 1.91. The van der Waals surface area contributed by atoms with E-state index in [1.807, 2.05) is 0 Å². The molecule has 0 radical (unpaired) electrons. The molecule has 0 atom stereocenters. The van der Waals surface area contributed by atoms with E-state index in [1.54, 1.807) is 49.4 Å². The number of nitrogens with one attached hydrogen (secondary N) is 1. The second-order valence-corrected chi connectivity index (χ2v) is 6.30. The van der Waals surface area contributed by atoms with Gasteiger partial charge in [-0.3, -0.25) is 4.72 Å². The van der Waals surface area contributed by atoms with Gasteiger partial charge in [-0.15, -0.1) is 10.2 Å². The molecular formula is C15H13N3O3S. The molecule has 112 valence electrons.